The summed E-state index contributed by atoms with van der Waals surface area (Å²) in [5.74, 6) is 0. The molecule has 0 spiro atoms. The summed E-state index contributed by atoms with van der Waals surface area (Å²) in [5.41, 5.74) is 3.81. The van der Waals surface area contributed by atoms with Crippen LogP contribution in [0.3, 0.4) is 0 Å². The highest BCUT2D eigenvalue weighted by Gasteiger charge is 2.27. The molecule has 5 nitrogen and oxygen atoms in total. The standard InChI is InChI=1S/C18H21N3O2S/c1-13-11-15(14(2)21(13)17-7-8-17)9-10-20-24(22,23)18-6-4-3-5-16(18)12-19/h3-6,11,17,20H,7-10H2,1-2H3. The van der Waals surface area contributed by atoms with E-state index < -0.39 is 10.0 Å². The molecule has 126 valence electrons. The van der Waals surface area contributed by atoms with Gasteiger partial charge in [-0.25, -0.2) is 13.1 Å². The summed E-state index contributed by atoms with van der Waals surface area (Å²) in [5, 5.41) is 9.07. The molecule has 1 fully saturated rings. The highest BCUT2D eigenvalue weighted by molar-refractivity contribution is 7.89. The zero-order chi connectivity index (χ0) is 17.3. The molecule has 0 radical (unpaired) electrons. The van der Waals surface area contributed by atoms with Crippen molar-refractivity contribution < 1.29 is 8.42 Å². The lowest BCUT2D eigenvalue weighted by molar-refractivity contribution is 0.581. The average Bonchev–Trinajstić information content (AvgIpc) is 3.34. The Bertz CT molecular complexity index is 903. The van der Waals surface area contributed by atoms with Crippen LogP contribution in [-0.2, 0) is 16.4 Å². The van der Waals surface area contributed by atoms with Crippen LogP contribution in [0.4, 0.5) is 0 Å². The number of nitriles is 1. The summed E-state index contributed by atoms with van der Waals surface area (Å²) >= 11 is 0. The van der Waals surface area contributed by atoms with Gasteiger partial charge in [-0.1, -0.05) is 12.1 Å². The molecule has 1 heterocycles. The minimum atomic E-state index is -3.67. The molecule has 0 amide bonds. The van der Waals surface area contributed by atoms with Crippen molar-refractivity contribution in [1.29, 1.82) is 5.26 Å². The van der Waals surface area contributed by atoms with Gasteiger partial charge in [0.2, 0.25) is 10.0 Å². The number of nitrogens with one attached hydrogen (secondary N) is 1. The first kappa shape index (κ1) is 16.7. The van der Waals surface area contributed by atoms with Crippen LogP contribution in [0.15, 0.2) is 35.2 Å². The Balaban J connectivity index is 1.70. The number of sulfonamides is 1. The molecule has 2 aromatic rings. The second kappa shape index (κ2) is 6.42. The van der Waals surface area contributed by atoms with E-state index in [1.54, 1.807) is 12.1 Å². The minimum absolute atomic E-state index is 0.0379. The van der Waals surface area contributed by atoms with Crippen LogP contribution in [0.5, 0.6) is 0 Å². The molecule has 24 heavy (non-hydrogen) atoms. The fourth-order valence-corrected chi connectivity index (χ4v) is 4.37. The zero-order valence-electron chi connectivity index (χ0n) is 13.9. The molecule has 0 saturated heterocycles. The maximum atomic E-state index is 12.4. The molecule has 1 N–H and O–H groups in total. The van der Waals surface area contributed by atoms with Gasteiger partial charge in [-0.2, -0.15) is 5.26 Å². The molecule has 0 bridgehead atoms. The van der Waals surface area contributed by atoms with Crippen LogP contribution in [0.1, 0.15) is 41.4 Å². The van der Waals surface area contributed by atoms with Crippen LogP contribution in [0.25, 0.3) is 0 Å². The third kappa shape index (κ3) is 3.23. The summed E-state index contributed by atoms with van der Waals surface area (Å²) in [6.45, 7) is 4.51. The van der Waals surface area contributed by atoms with Gasteiger partial charge < -0.3 is 4.57 Å². The lowest BCUT2D eigenvalue weighted by Gasteiger charge is -2.09. The van der Waals surface area contributed by atoms with Crippen molar-refractivity contribution in [3.05, 3.63) is 52.8 Å². The second-order valence-electron chi connectivity index (χ2n) is 6.25. The summed E-state index contributed by atoms with van der Waals surface area (Å²) < 4.78 is 29.8. The number of aryl methyl sites for hydroxylation is 1. The third-order valence-corrected chi connectivity index (χ3v) is 6.00. The van der Waals surface area contributed by atoms with E-state index in [1.807, 2.05) is 6.07 Å². The van der Waals surface area contributed by atoms with Gasteiger partial charge in [0.15, 0.2) is 0 Å². The summed E-state index contributed by atoms with van der Waals surface area (Å²) in [6, 6.07) is 10.9. The predicted molar refractivity (Wildman–Crippen MR) is 92.2 cm³/mol. The molecule has 1 aliphatic rings. The smallest absolute Gasteiger partial charge is 0.241 e. The Kier molecular flexibility index (Phi) is 4.48. The van der Waals surface area contributed by atoms with Crippen LogP contribution in [0.2, 0.25) is 0 Å². The normalized spacial score (nSPS) is 14.5. The van der Waals surface area contributed by atoms with Gasteiger partial charge in [-0.15, -0.1) is 0 Å². The Morgan fingerprint density at radius 3 is 2.67 bits per heavy atom. The quantitative estimate of drug-likeness (QED) is 0.876. The van der Waals surface area contributed by atoms with E-state index in [9.17, 15) is 8.42 Å². The van der Waals surface area contributed by atoms with Crippen molar-refractivity contribution in [2.75, 3.05) is 6.54 Å². The van der Waals surface area contributed by atoms with Crippen molar-refractivity contribution in [3.8, 4) is 6.07 Å². The molecule has 0 atom stereocenters. The fraction of sp³-hybridized carbons (Fsp3) is 0.389. The van der Waals surface area contributed by atoms with E-state index in [2.05, 4.69) is 29.2 Å². The number of benzene rings is 1. The minimum Gasteiger partial charge on any atom is -0.346 e. The number of hydrogen-bond acceptors (Lipinski definition) is 3. The van der Waals surface area contributed by atoms with E-state index in [1.165, 1.54) is 41.9 Å². The van der Waals surface area contributed by atoms with Gasteiger partial charge >= 0.3 is 0 Å². The van der Waals surface area contributed by atoms with Gasteiger partial charge in [-0.3, -0.25) is 0 Å². The van der Waals surface area contributed by atoms with Crippen LogP contribution >= 0.6 is 0 Å². The molecule has 1 aliphatic carbocycles. The van der Waals surface area contributed by atoms with Gasteiger partial charge in [0.25, 0.3) is 0 Å². The maximum absolute atomic E-state index is 12.4. The highest BCUT2D eigenvalue weighted by Crippen LogP contribution is 2.38. The SMILES string of the molecule is Cc1cc(CCNS(=O)(=O)c2ccccc2C#N)c(C)n1C1CC1. The molecule has 6 heteroatoms. The molecule has 0 aliphatic heterocycles. The fourth-order valence-electron chi connectivity index (χ4n) is 3.18. The lowest BCUT2D eigenvalue weighted by atomic mass is 10.2. The second-order valence-corrected chi connectivity index (χ2v) is 7.99. The first-order valence-corrected chi connectivity index (χ1v) is 9.58. The van der Waals surface area contributed by atoms with Crippen LogP contribution in [0, 0.1) is 25.2 Å². The summed E-state index contributed by atoms with van der Waals surface area (Å²) in [6.07, 6.45) is 3.10. The monoisotopic (exact) mass is 343 g/mol. The molecule has 3 rings (SSSR count). The average molecular weight is 343 g/mol. The van der Waals surface area contributed by atoms with Crippen molar-refractivity contribution in [3.63, 3.8) is 0 Å². The zero-order valence-corrected chi connectivity index (χ0v) is 14.7. The number of rotatable bonds is 6. The first-order chi connectivity index (χ1) is 11.4. The van der Waals surface area contributed by atoms with E-state index in [0.29, 0.717) is 19.0 Å². The molecule has 0 unspecified atom stereocenters. The molecule has 1 aromatic heterocycles. The van der Waals surface area contributed by atoms with E-state index in [0.717, 1.165) is 0 Å². The van der Waals surface area contributed by atoms with Crippen molar-refractivity contribution in [2.45, 2.75) is 44.0 Å². The van der Waals surface area contributed by atoms with Gasteiger partial charge in [0.05, 0.1) is 10.5 Å². The van der Waals surface area contributed by atoms with Crippen molar-refractivity contribution in [2.24, 2.45) is 0 Å². The number of hydrogen-bond donors (Lipinski definition) is 1. The van der Waals surface area contributed by atoms with E-state index in [4.69, 9.17) is 5.26 Å². The highest BCUT2D eigenvalue weighted by atomic mass is 32.2. The van der Waals surface area contributed by atoms with E-state index in [-0.39, 0.29) is 10.5 Å². The molecule has 1 saturated carbocycles. The first-order valence-electron chi connectivity index (χ1n) is 8.10. The van der Waals surface area contributed by atoms with E-state index >= 15 is 0 Å². The Labute approximate surface area is 143 Å². The summed E-state index contributed by atoms with van der Waals surface area (Å²) in [7, 11) is -3.67. The largest absolute Gasteiger partial charge is 0.346 e. The van der Waals surface area contributed by atoms with Gasteiger partial charge in [0.1, 0.15) is 6.07 Å². The van der Waals surface area contributed by atoms with Gasteiger partial charge in [-0.05, 0) is 56.9 Å². The van der Waals surface area contributed by atoms with Gasteiger partial charge in [0, 0.05) is 24.0 Å². The maximum Gasteiger partial charge on any atom is 0.241 e. The Morgan fingerprint density at radius 2 is 2.00 bits per heavy atom. The lowest BCUT2D eigenvalue weighted by Crippen LogP contribution is -2.26. The number of aromatic nitrogens is 1. The predicted octanol–water partition coefficient (Wildman–Crippen LogP) is 2.83. The third-order valence-electron chi connectivity index (χ3n) is 4.48. The Hall–Kier alpha value is -2.10. The van der Waals surface area contributed by atoms with Crippen molar-refractivity contribution >= 4 is 10.0 Å². The topological polar surface area (TPSA) is 74.9 Å². The van der Waals surface area contributed by atoms with Crippen molar-refractivity contribution in [1.82, 2.24) is 9.29 Å². The Morgan fingerprint density at radius 1 is 1.29 bits per heavy atom. The van der Waals surface area contributed by atoms with Crippen LogP contribution < -0.4 is 4.72 Å². The number of nitrogens with zero attached hydrogens (tertiary/aromatic N) is 2. The molecular weight excluding hydrogens is 322 g/mol. The molecular formula is C18H21N3O2S. The summed E-state index contributed by atoms with van der Waals surface area (Å²) in [4.78, 5) is 0.0379. The molecule has 1 aromatic carbocycles. The van der Waals surface area contributed by atoms with Crippen LogP contribution in [-0.4, -0.2) is 19.5 Å².